The Hall–Kier alpha value is -3.33. The first-order chi connectivity index (χ1) is 15.3. The molecule has 0 saturated carbocycles. The second-order valence-corrected chi connectivity index (χ2v) is 9.59. The van der Waals surface area contributed by atoms with E-state index < -0.39 is 0 Å². The van der Waals surface area contributed by atoms with E-state index in [1.807, 2.05) is 30.3 Å². The molecule has 0 aliphatic carbocycles. The fourth-order valence-electron chi connectivity index (χ4n) is 5.22. The van der Waals surface area contributed by atoms with Crippen molar-refractivity contribution >= 4 is 18.0 Å². The van der Waals surface area contributed by atoms with Crippen LogP contribution in [-0.2, 0) is 0 Å². The topological polar surface area (TPSA) is 116 Å². The van der Waals surface area contributed by atoms with Gasteiger partial charge < -0.3 is 15.3 Å². The summed E-state index contributed by atoms with van der Waals surface area (Å²) in [5.41, 5.74) is 2.51. The molecule has 9 nitrogen and oxygen atoms in total. The number of nitrogens with zero attached hydrogens (tertiary/aromatic N) is 6. The Morgan fingerprint density at radius 1 is 1.03 bits per heavy atom. The number of anilines is 1. The number of hydrogen-bond donors (Lipinski definition) is 3. The Morgan fingerprint density at radius 3 is 2.44 bits per heavy atom. The Balaban J connectivity index is 1.31. The molecule has 2 aliphatic heterocycles. The minimum absolute atomic E-state index is 0.147. The average molecular weight is 433 g/mol. The van der Waals surface area contributed by atoms with Crippen LogP contribution >= 0.6 is 0 Å². The summed E-state index contributed by atoms with van der Waals surface area (Å²) in [4.78, 5) is 2.26. The number of aromatic hydroxyl groups is 1. The zero-order valence-electron chi connectivity index (χ0n) is 18.6. The van der Waals surface area contributed by atoms with Gasteiger partial charge in [0.2, 0.25) is 0 Å². The van der Waals surface area contributed by atoms with Gasteiger partial charge in [-0.15, -0.1) is 15.3 Å². The molecular formula is C23H28N8O. The smallest absolute Gasteiger partial charge is 0.172 e. The molecular weight excluding hydrogens is 404 g/mol. The molecule has 3 aromatic rings. The Kier molecular flexibility index (Phi) is 4.93. The lowest BCUT2D eigenvalue weighted by molar-refractivity contribution is 0.207. The van der Waals surface area contributed by atoms with Gasteiger partial charge in [-0.1, -0.05) is 12.1 Å². The van der Waals surface area contributed by atoms with E-state index in [-0.39, 0.29) is 16.8 Å². The lowest BCUT2D eigenvalue weighted by Gasteiger charge is -2.45. The highest BCUT2D eigenvalue weighted by Gasteiger charge is 2.49. The van der Waals surface area contributed by atoms with Crippen LogP contribution in [0.5, 0.6) is 5.75 Å². The van der Waals surface area contributed by atoms with Gasteiger partial charge in [0.15, 0.2) is 11.6 Å². The van der Waals surface area contributed by atoms with Gasteiger partial charge in [0.25, 0.3) is 0 Å². The number of H-pyrrole nitrogens is 1. The SMILES string of the molecule is CN(c1ccc(-c2ccc(/C=C/c3nnn[nH]3)cc2O)nn1)[C@H]1C[C@]2(C)CC[C@](C)(C1)N2. The summed E-state index contributed by atoms with van der Waals surface area (Å²) < 4.78 is 0. The van der Waals surface area contributed by atoms with Crippen molar-refractivity contribution in [3.05, 3.63) is 41.7 Å². The Bertz CT molecular complexity index is 1110. The number of piperidine rings is 1. The van der Waals surface area contributed by atoms with Crippen molar-refractivity contribution in [2.24, 2.45) is 0 Å². The molecule has 0 unspecified atom stereocenters. The maximum atomic E-state index is 10.5. The number of phenols is 1. The lowest BCUT2D eigenvalue weighted by Crippen LogP contribution is -2.58. The first-order valence-corrected chi connectivity index (χ1v) is 10.9. The molecule has 32 heavy (non-hydrogen) atoms. The van der Waals surface area contributed by atoms with E-state index >= 15 is 0 Å². The van der Waals surface area contributed by atoms with Gasteiger partial charge in [-0.3, -0.25) is 0 Å². The van der Waals surface area contributed by atoms with E-state index in [0.29, 0.717) is 23.1 Å². The largest absolute Gasteiger partial charge is 0.507 e. The number of aromatic nitrogens is 6. The van der Waals surface area contributed by atoms with Gasteiger partial charge >= 0.3 is 0 Å². The molecule has 4 heterocycles. The summed E-state index contributed by atoms with van der Waals surface area (Å²) >= 11 is 0. The molecule has 2 fully saturated rings. The average Bonchev–Trinajstić information content (AvgIpc) is 3.37. The third-order valence-corrected chi connectivity index (χ3v) is 6.86. The van der Waals surface area contributed by atoms with E-state index in [0.717, 1.165) is 24.2 Å². The molecule has 3 N–H and O–H groups in total. The molecule has 3 atom stereocenters. The van der Waals surface area contributed by atoms with E-state index in [1.165, 1.54) is 12.8 Å². The summed E-state index contributed by atoms with van der Waals surface area (Å²) in [6, 6.07) is 9.76. The number of aromatic amines is 1. The van der Waals surface area contributed by atoms with Gasteiger partial charge in [0, 0.05) is 29.7 Å². The summed E-state index contributed by atoms with van der Waals surface area (Å²) in [5.74, 6) is 1.55. The number of rotatable bonds is 5. The number of fused-ring (bicyclic) bond motifs is 2. The quantitative estimate of drug-likeness (QED) is 0.563. The van der Waals surface area contributed by atoms with Gasteiger partial charge in [0.1, 0.15) is 5.75 Å². The summed E-state index contributed by atoms with van der Waals surface area (Å²) in [6.45, 7) is 4.66. The molecule has 2 aliphatic rings. The maximum absolute atomic E-state index is 10.5. The highest BCUT2D eigenvalue weighted by Crippen LogP contribution is 2.43. The van der Waals surface area contributed by atoms with Crippen LogP contribution < -0.4 is 10.2 Å². The van der Waals surface area contributed by atoms with Crippen molar-refractivity contribution < 1.29 is 5.11 Å². The lowest BCUT2D eigenvalue weighted by atomic mass is 9.84. The van der Waals surface area contributed by atoms with Crippen LogP contribution in [0.25, 0.3) is 23.4 Å². The second kappa shape index (κ2) is 7.67. The molecule has 9 heteroatoms. The molecule has 0 radical (unpaired) electrons. The fourth-order valence-corrected chi connectivity index (χ4v) is 5.22. The third-order valence-electron chi connectivity index (χ3n) is 6.86. The number of nitrogens with one attached hydrogen (secondary N) is 2. The van der Waals surface area contributed by atoms with Gasteiger partial charge in [0.05, 0.1) is 5.69 Å². The molecule has 5 rings (SSSR count). The van der Waals surface area contributed by atoms with Crippen LogP contribution in [0.4, 0.5) is 5.82 Å². The standard InChI is InChI=1S/C23H28N8O/c1-22-10-11-23(2,28-22)14-16(13-22)31(3)21-9-7-18(24-27-21)17-6-4-15(12-19(17)32)5-8-20-25-29-30-26-20/h4-9,12,16,28,32H,10-11,13-14H2,1-3H3,(H,25,26,29,30)/b8-5+/t16-,22-,23+. The number of hydrogen-bond acceptors (Lipinski definition) is 8. The van der Waals surface area contributed by atoms with E-state index in [9.17, 15) is 5.11 Å². The molecule has 1 aromatic carbocycles. The van der Waals surface area contributed by atoms with Gasteiger partial charge in [-0.05, 0) is 85.9 Å². The summed E-state index contributed by atoms with van der Waals surface area (Å²) in [5, 5.41) is 36.8. The molecule has 2 saturated heterocycles. The minimum atomic E-state index is 0.147. The fraction of sp³-hybridized carbons (Fsp3) is 0.435. The summed E-state index contributed by atoms with van der Waals surface area (Å²) in [7, 11) is 2.11. The summed E-state index contributed by atoms with van der Waals surface area (Å²) in [6.07, 6.45) is 8.20. The Labute approximate surface area is 187 Å². The van der Waals surface area contributed by atoms with Crippen LogP contribution in [0.3, 0.4) is 0 Å². The van der Waals surface area contributed by atoms with Crippen molar-refractivity contribution in [2.45, 2.75) is 56.7 Å². The predicted molar refractivity (Wildman–Crippen MR) is 123 cm³/mol. The van der Waals surface area contributed by atoms with Gasteiger partial charge in [-0.2, -0.15) is 0 Å². The monoisotopic (exact) mass is 432 g/mol. The number of phenolic OH excluding ortho intramolecular Hbond substituents is 1. The van der Waals surface area contributed by atoms with Crippen LogP contribution in [-0.4, -0.2) is 60.1 Å². The van der Waals surface area contributed by atoms with Crippen LogP contribution in [0, 0.1) is 0 Å². The predicted octanol–water partition coefficient (Wildman–Crippen LogP) is 3.03. The van der Waals surface area contributed by atoms with Crippen molar-refractivity contribution in [1.29, 1.82) is 0 Å². The van der Waals surface area contributed by atoms with Crippen LogP contribution in [0.15, 0.2) is 30.3 Å². The van der Waals surface area contributed by atoms with Crippen molar-refractivity contribution in [2.75, 3.05) is 11.9 Å². The molecule has 2 aromatic heterocycles. The van der Waals surface area contributed by atoms with Crippen LogP contribution in [0.1, 0.15) is 50.9 Å². The van der Waals surface area contributed by atoms with E-state index in [1.54, 1.807) is 12.1 Å². The molecule has 0 spiro atoms. The van der Waals surface area contributed by atoms with Crippen molar-refractivity contribution in [3.8, 4) is 17.0 Å². The van der Waals surface area contributed by atoms with Gasteiger partial charge in [-0.25, -0.2) is 5.10 Å². The zero-order valence-corrected chi connectivity index (χ0v) is 18.6. The maximum Gasteiger partial charge on any atom is 0.172 e. The highest BCUT2D eigenvalue weighted by molar-refractivity contribution is 5.73. The highest BCUT2D eigenvalue weighted by atomic mass is 16.3. The zero-order chi connectivity index (χ0) is 22.3. The van der Waals surface area contributed by atoms with Crippen molar-refractivity contribution in [1.82, 2.24) is 36.1 Å². The minimum Gasteiger partial charge on any atom is -0.507 e. The number of benzene rings is 1. The Morgan fingerprint density at radius 2 is 1.81 bits per heavy atom. The first kappa shape index (κ1) is 20.6. The number of tetrazole rings is 1. The second-order valence-electron chi connectivity index (χ2n) is 9.59. The molecule has 166 valence electrons. The normalized spacial score (nSPS) is 27.2. The van der Waals surface area contributed by atoms with Crippen LogP contribution in [0.2, 0.25) is 0 Å². The molecule has 0 amide bonds. The third kappa shape index (κ3) is 3.95. The van der Waals surface area contributed by atoms with Crippen molar-refractivity contribution in [3.63, 3.8) is 0 Å². The first-order valence-electron chi connectivity index (χ1n) is 10.9. The van der Waals surface area contributed by atoms with E-state index in [2.05, 4.69) is 61.9 Å². The van der Waals surface area contributed by atoms with E-state index in [4.69, 9.17) is 0 Å². The molecule has 2 bridgehead atoms.